The zero-order chi connectivity index (χ0) is 7.94. The van der Waals surface area contributed by atoms with Crippen LogP contribution in [0.1, 0.15) is 0 Å². The van der Waals surface area contributed by atoms with Gasteiger partial charge in [-0.3, -0.25) is 0 Å². The molecule has 13 heavy (non-hydrogen) atoms. The summed E-state index contributed by atoms with van der Waals surface area (Å²) < 4.78 is 0.737. The molecule has 0 amide bonds. The van der Waals surface area contributed by atoms with E-state index in [0.717, 1.165) is 9.63 Å². The van der Waals surface area contributed by atoms with Gasteiger partial charge in [0, 0.05) is 0 Å². The quantitative estimate of drug-likeness (QED) is 0.457. The number of alkyl halides is 2. The van der Waals surface area contributed by atoms with E-state index in [-0.39, 0.29) is 0 Å². The van der Waals surface area contributed by atoms with Gasteiger partial charge in [0.25, 0.3) is 0 Å². The van der Waals surface area contributed by atoms with Gasteiger partial charge in [-0.15, -0.1) is 0 Å². The Balaban J connectivity index is 2.20. The van der Waals surface area contributed by atoms with Crippen molar-refractivity contribution in [3.05, 3.63) is 0 Å². The molecule has 1 spiro atoms. The average Bonchev–Trinajstić information content (AvgIpc) is 3.02. The molecule has 0 N–H and O–H groups in total. The first-order chi connectivity index (χ1) is 5.94. The first-order valence-electron chi connectivity index (χ1n) is 5.53. The molecule has 0 nitrogen and oxygen atoms in total. The summed E-state index contributed by atoms with van der Waals surface area (Å²) in [6, 6.07) is 0. The van der Waals surface area contributed by atoms with E-state index < -0.39 is 6.51 Å². The van der Waals surface area contributed by atoms with Gasteiger partial charge in [0.2, 0.25) is 0 Å². The van der Waals surface area contributed by atoms with Gasteiger partial charge in [-0.2, -0.15) is 0 Å². The van der Waals surface area contributed by atoms with Crippen LogP contribution >= 0.6 is 23.2 Å². The summed E-state index contributed by atoms with van der Waals surface area (Å²) in [5.41, 5.74) is 0. The van der Waals surface area contributed by atoms with Crippen molar-refractivity contribution in [2.75, 3.05) is 0 Å². The molecule has 3 heteroatoms. The molecule has 0 bridgehead atoms. The van der Waals surface area contributed by atoms with Crippen LogP contribution in [-0.4, -0.2) is 7.55 Å². The number of rotatable bonds is 0. The van der Waals surface area contributed by atoms with Crippen molar-refractivity contribution >= 4 is 23.2 Å². The maximum atomic E-state index is 7.09. The van der Waals surface area contributed by atoms with E-state index in [1.165, 1.54) is 28.9 Å². The Morgan fingerprint density at radius 1 is 0.692 bits per heavy atom. The van der Waals surface area contributed by atoms with Crippen LogP contribution in [0.3, 0.4) is 0 Å². The van der Waals surface area contributed by atoms with Gasteiger partial charge in [-0.05, 0) is 0 Å². The van der Waals surface area contributed by atoms with Crippen molar-refractivity contribution in [3.8, 4) is 0 Å². The minimum atomic E-state index is -3.09. The second-order valence-electron chi connectivity index (χ2n) is 9.57. The van der Waals surface area contributed by atoms with E-state index in [1.54, 1.807) is 0 Å². The molecule has 10 aliphatic rings. The second kappa shape index (κ2) is 0.285. The second-order valence-corrected chi connectivity index (χ2v) is 34.6. The van der Waals surface area contributed by atoms with E-state index in [0.29, 0.717) is 7.55 Å². The molecule has 10 aliphatic heterocycles. The fraction of sp³-hybridized carbons (Fsp3) is 1.00. The maximum absolute atomic E-state index is 7.09. The molecule has 10 fully saturated rings. The summed E-state index contributed by atoms with van der Waals surface area (Å²) in [5.74, 6) is 0. The summed E-state index contributed by atoms with van der Waals surface area (Å²) in [7, 11) is 0. The predicted molar refractivity (Wildman–Crippen MR) is 47.2 cm³/mol. The van der Waals surface area contributed by atoms with Gasteiger partial charge in [-0.1, -0.05) is 0 Å². The number of hydrogen-bond donors (Lipinski definition) is 0. The SMILES string of the molecule is Cl[C]12[CH]3[CH]4[CH]5[C]1(Cl)[Fe]43521678[CH]2[CH]1[CH]6[CH]7[CH]28. The standard InChI is InChI=1S/C5H3Cl2.C5H5.Fe/c6-4-2-1-3-5(4)7;1-2-4-5-3-1;/h1-3H;1-5H;. The molecular formula is C10H8Cl2Fe. The fourth-order valence-corrected chi connectivity index (χ4v) is 99.4. The van der Waals surface area contributed by atoms with Gasteiger partial charge in [0.05, 0.1) is 0 Å². The minimum absolute atomic E-state index is 0.369. The van der Waals surface area contributed by atoms with Crippen molar-refractivity contribution in [3.63, 3.8) is 0 Å². The Morgan fingerprint density at radius 3 is 1.08 bits per heavy atom. The number of hydrogen-bond acceptors (Lipinski definition) is 0. The summed E-state index contributed by atoms with van der Waals surface area (Å²) >= 11 is 14.2. The molecule has 0 aliphatic carbocycles. The fourth-order valence-electron chi connectivity index (χ4n) is 15.9. The molecular weight excluding hydrogens is 247 g/mol. The molecule has 0 radical (unpaired) electrons. The normalized spacial score (nSPS) is 158. The van der Waals surface area contributed by atoms with E-state index in [1.807, 2.05) is 0 Å². The summed E-state index contributed by atoms with van der Waals surface area (Å²) in [6.45, 7) is -3.09. The monoisotopic (exact) mass is 254 g/mol. The van der Waals surface area contributed by atoms with Gasteiger partial charge < -0.3 is 0 Å². The first kappa shape index (κ1) is 4.53. The third-order valence-electron chi connectivity index (χ3n) is 14.5. The molecule has 10 heterocycles. The van der Waals surface area contributed by atoms with Gasteiger partial charge >= 0.3 is 75.8 Å². The van der Waals surface area contributed by atoms with Gasteiger partial charge in [-0.25, -0.2) is 0 Å². The Kier molecular flexibility index (Phi) is 0.0992. The van der Waals surface area contributed by atoms with Gasteiger partial charge in [0.1, 0.15) is 0 Å². The van der Waals surface area contributed by atoms with Crippen LogP contribution in [0.5, 0.6) is 0 Å². The summed E-state index contributed by atoms with van der Waals surface area (Å²) in [5, 5.41) is 0. The van der Waals surface area contributed by atoms with E-state index in [4.69, 9.17) is 23.2 Å². The molecule has 10 saturated heterocycles. The van der Waals surface area contributed by atoms with Crippen LogP contribution < -0.4 is 0 Å². The zero-order valence-corrected chi connectivity index (χ0v) is 9.34. The van der Waals surface area contributed by atoms with Crippen LogP contribution in [-0.2, 0) is 6.51 Å². The summed E-state index contributed by atoms with van der Waals surface area (Å²) in [4.78, 5) is 9.86. The molecule has 4 atom stereocenters. The van der Waals surface area contributed by atoms with Crippen molar-refractivity contribution in [2.24, 2.45) is 0 Å². The van der Waals surface area contributed by atoms with Crippen molar-refractivity contribution in [1.29, 1.82) is 0 Å². The zero-order valence-electron chi connectivity index (χ0n) is 6.73. The van der Waals surface area contributed by atoms with Crippen molar-refractivity contribution in [2.45, 2.75) is 46.1 Å². The van der Waals surface area contributed by atoms with Gasteiger partial charge in [0.15, 0.2) is 0 Å². The molecule has 0 aromatic heterocycles. The number of halogens is 2. The van der Waals surface area contributed by atoms with E-state index >= 15 is 0 Å². The molecule has 0 aromatic carbocycles. The van der Waals surface area contributed by atoms with Crippen LogP contribution in [0.25, 0.3) is 0 Å². The topological polar surface area (TPSA) is 0 Å². The van der Waals surface area contributed by atoms with Crippen LogP contribution in [0, 0.1) is 0 Å². The molecule has 0 aromatic rings. The third-order valence-corrected chi connectivity index (χ3v) is 63.4. The van der Waals surface area contributed by atoms with Crippen molar-refractivity contribution < 1.29 is 6.51 Å². The van der Waals surface area contributed by atoms with E-state index in [9.17, 15) is 0 Å². The Labute approximate surface area is 75.6 Å². The Bertz CT molecular complexity index is 822. The van der Waals surface area contributed by atoms with Crippen LogP contribution in [0.2, 0.25) is 38.5 Å². The Morgan fingerprint density at radius 2 is 1.08 bits per heavy atom. The predicted octanol–water partition coefficient (Wildman–Crippen LogP) is 3.67. The van der Waals surface area contributed by atoms with Crippen LogP contribution in [0.4, 0.5) is 0 Å². The molecule has 0 saturated carbocycles. The van der Waals surface area contributed by atoms with E-state index in [2.05, 4.69) is 0 Å². The molecule has 10 rings (SSSR count). The third kappa shape index (κ3) is 0.0310. The summed E-state index contributed by atoms with van der Waals surface area (Å²) in [6.07, 6.45) is 0. The molecule has 70 valence electrons. The first-order valence-corrected chi connectivity index (χ1v) is 12.5. The Hall–Kier alpha value is 1.10. The van der Waals surface area contributed by atoms with Crippen molar-refractivity contribution in [1.82, 2.24) is 0 Å². The van der Waals surface area contributed by atoms with Crippen LogP contribution in [0.15, 0.2) is 0 Å². The number of fused-ring (bicyclic) bond motifs is 10. The average molecular weight is 255 g/mol. The molecule has 4 unspecified atom stereocenters.